The van der Waals surface area contributed by atoms with Gasteiger partial charge in [-0.3, -0.25) is 0 Å². The molecule has 0 bridgehead atoms. The van der Waals surface area contributed by atoms with Crippen molar-refractivity contribution in [2.75, 3.05) is 5.33 Å². The standard InChI is InChI=1S/C11H19BrO/c1-9-4-2-3-6-11(9)7-5-10(8-12)13-11/h9-10H,2-8H2,1H3. The van der Waals surface area contributed by atoms with E-state index in [1.807, 2.05) is 0 Å². The number of halogens is 1. The van der Waals surface area contributed by atoms with Crippen LogP contribution in [-0.2, 0) is 4.74 Å². The molecule has 1 aliphatic heterocycles. The summed E-state index contributed by atoms with van der Waals surface area (Å²) in [6.07, 6.45) is 8.50. The third kappa shape index (κ3) is 1.80. The lowest BCUT2D eigenvalue weighted by Gasteiger charge is -2.39. The Morgan fingerprint density at radius 1 is 1.31 bits per heavy atom. The highest BCUT2D eigenvalue weighted by Gasteiger charge is 2.44. The molecule has 3 unspecified atom stereocenters. The van der Waals surface area contributed by atoms with Crippen LogP contribution in [0.4, 0.5) is 0 Å². The molecule has 0 aromatic carbocycles. The SMILES string of the molecule is CC1CCCCC12CCC(CBr)O2. The van der Waals surface area contributed by atoms with E-state index >= 15 is 0 Å². The number of alkyl halides is 1. The van der Waals surface area contributed by atoms with E-state index in [-0.39, 0.29) is 5.60 Å². The second kappa shape index (κ2) is 3.90. The lowest BCUT2D eigenvalue weighted by molar-refractivity contribution is -0.0883. The minimum absolute atomic E-state index is 0.274. The largest absolute Gasteiger partial charge is 0.371 e. The molecule has 0 aromatic rings. The lowest BCUT2D eigenvalue weighted by Crippen LogP contribution is -2.39. The molecule has 2 heteroatoms. The van der Waals surface area contributed by atoms with E-state index in [9.17, 15) is 0 Å². The summed E-state index contributed by atoms with van der Waals surface area (Å²) < 4.78 is 6.20. The molecule has 2 rings (SSSR count). The fourth-order valence-corrected chi connectivity index (χ4v) is 3.35. The molecule has 76 valence electrons. The fourth-order valence-electron chi connectivity index (χ4n) is 2.89. The van der Waals surface area contributed by atoms with E-state index in [4.69, 9.17) is 4.74 Å². The maximum atomic E-state index is 6.20. The van der Waals surface area contributed by atoms with Crippen LogP contribution in [0.15, 0.2) is 0 Å². The third-order valence-electron chi connectivity index (χ3n) is 3.85. The second-order valence-corrected chi connectivity index (χ2v) is 5.29. The van der Waals surface area contributed by atoms with Gasteiger partial charge >= 0.3 is 0 Å². The Labute approximate surface area is 89.4 Å². The highest BCUT2D eigenvalue weighted by atomic mass is 79.9. The van der Waals surface area contributed by atoms with Crippen LogP contribution in [-0.4, -0.2) is 17.0 Å². The number of ether oxygens (including phenoxy) is 1. The highest BCUT2D eigenvalue weighted by Crippen LogP contribution is 2.45. The van der Waals surface area contributed by atoms with E-state index in [1.54, 1.807) is 0 Å². The molecule has 1 spiro atoms. The zero-order valence-corrected chi connectivity index (χ0v) is 9.98. The zero-order valence-electron chi connectivity index (χ0n) is 8.39. The van der Waals surface area contributed by atoms with Gasteiger partial charge in [-0.15, -0.1) is 0 Å². The number of hydrogen-bond donors (Lipinski definition) is 0. The van der Waals surface area contributed by atoms with E-state index in [0.717, 1.165) is 11.2 Å². The Morgan fingerprint density at radius 3 is 2.77 bits per heavy atom. The predicted octanol–water partition coefficient (Wildman–Crippen LogP) is 3.51. The fraction of sp³-hybridized carbons (Fsp3) is 1.00. The average Bonchev–Trinajstić information content (AvgIpc) is 2.56. The summed E-state index contributed by atoms with van der Waals surface area (Å²) in [5.41, 5.74) is 0.274. The average molecular weight is 247 g/mol. The first-order chi connectivity index (χ1) is 6.27. The summed E-state index contributed by atoms with van der Waals surface area (Å²) in [5, 5.41) is 1.02. The van der Waals surface area contributed by atoms with Crippen molar-refractivity contribution in [3.8, 4) is 0 Å². The van der Waals surface area contributed by atoms with Crippen molar-refractivity contribution in [1.29, 1.82) is 0 Å². The lowest BCUT2D eigenvalue weighted by atomic mass is 9.75. The van der Waals surface area contributed by atoms with Gasteiger partial charge in [0, 0.05) is 5.33 Å². The van der Waals surface area contributed by atoms with Crippen molar-refractivity contribution in [2.45, 2.75) is 57.2 Å². The van der Waals surface area contributed by atoms with E-state index in [1.165, 1.54) is 38.5 Å². The van der Waals surface area contributed by atoms with Crippen LogP contribution in [0.25, 0.3) is 0 Å². The third-order valence-corrected chi connectivity index (χ3v) is 4.57. The van der Waals surface area contributed by atoms with Gasteiger partial charge in [-0.25, -0.2) is 0 Å². The van der Waals surface area contributed by atoms with Crippen LogP contribution in [0.2, 0.25) is 0 Å². The molecule has 1 saturated heterocycles. The van der Waals surface area contributed by atoms with E-state index in [2.05, 4.69) is 22.9 Å². The molecular formula is C11H19BrO. The summed E-state index contributed by atoms with van der Waals surface area (Å²) in [7, 11) is 0. The molecule has 2 aliphatic rings. The first kappa shape index (κ1) is 9.97. The molecule has 0 aromatic heterocycles. The topological polar surface area (TPSA) is 9.23 Å². The van der Waals surface area contributed by atoms with Crippen LogP contribution in [0.5, 0.6) is 0 Å². The number of hydrogen-bond acceptors (Lipinski definition) is 1. The zero-order chi connectivity index (χ0) is 9.31. The van der Waals surface area contributed by atoms with Crippen molar-refractivity contribution in [2.24, 2.45) is 5.92 Å². The van der Waals surface area contributed by atoms with Gasteiger partial charge in [0.2, 0.25) is 0 Å². The van der Waals surface area contributed by atoms with Gasteiger partial charge in [-0.1, -0.05) is 35.7 Å². The van der Waals surface area contributed by atoms with Gasteiger partial charge in [0.1, 0.15) is 0 Å². The van der Waals surface area contributed by atoms with Crippen LogP contribution in [0.3, 0.4) is 0 Å². The van der Waals surface area contributed by atoms with Crippen LogP contribution in [0, 0.1) is 5.92 Å². The maximum absolute atomic E-state index is 6.20. The van der Waals surface area contributed by atoms with Crippen molar-refractivity contribution < 1.29 is 4.74 Å². The molecule has 13 heavy (non-hydrogen) atoms. The smallest absolute Gasteiger partial charge is 0.0713 e. The van der Waals surface area contributed by atoms with Crippen molar-refractivity contribution >= 4 is 15.9 Å². The molecule has 0 radical (unpaired) electrons. The Balaban J connectivity index is 2.03. The summed E-state index contributed by atoms with van der Waals surface area (Å²) in [4.78, 5) is 0. The van der Waals surface area contributed by atoms with Gasteiger partial charge in [0.25, 0.3) is 0 Å². The van der Waals surface area contributed by atoms with E-state index in [0.29, 0.717) is 6.10 Å². The Bertz CT molecular complexity index is 183. The highest BCUT2D eigenvalue weighted by molar-refractivity contribution is 9.09. The van der Waals surface area contributed by atoms with Gasteiger partial charge < -0.3 is 4.74 Å². The van der Waals surface area contributed by atoms with Gasteiger partial charge in [0.05, 0.1) is 11.7 Å². The monoisotopic (exact) mass is 246 g/mol. The maximum Gasteiger partial charge on any atom is 0.0713 e. The molecule has 3 atom stereocenters. The quantitative estimate of drug-likeness (QED) is 0.644. The van der Waals surface area contributed by atoms with Gasteiger partial charge in [-0.05, 0) is 31.6 Å². The van der Waals surface area contributed by atoms with Crippen molar-refractivity contribution in [3.05, 3.63) is 0 Å². The molecule has 1 aliphatic carbocycles. The second-order valence-electron chi connectivity index (χ2n) is 4.64. The molecule has 1 saturated carbocycles. The molecule has 0 amide bonds. The predicted molar refractivity (Wildman–Crippen MR) is 58.3 cm³/mol. The van der Waals surface area contributed by atoms with Crippen molar-refractivity contribution in [1.82, 2.24) is 0 Å². The van der Waals surface area contributed by atoms with Crippen LogP contribution < -0.4 is 0 Å². The summed E-state index contributed by atoms with van der Waals surface area (Å²) in [6.45, 7) is 2.37. The number of rotatable bonds is 1. The summed E-state index contributed by atoms with van der Waals surface area (Å²) >= 11 is 3.52. The van der Waals surface area contributed by atoms with E-state index < -0.39 is 0 Å². The van der Waals surface area contributed by atoms with Crippen molar-refractivity contribution in [3.63, 3.8) is 0 Å². The van der Waals surface area contributed by atoms with Gasteiger partial charge in [-0.2, -0.15) is 0 Å². The summed E-state index contributed by atoms with van der Waals surface area (Å²) in [5.74, 6) is 0.783. The normalized spacial score (nSPS) is 45.7. The molecule has 1 nitrogen and oxygen atoms in total. The summed E-state index contributed by atoms with van der Waals surface area (Å²) in [6, 6.07) is 0. The Morgan fingerprint density at radius 2 is 2.15 bits per heavy atom. The molecule has 2 fully saturated rings. The van der Waals surface area contributed by atoms with Gasteiger partial charge in [0.15, 0.2) is 0 Å². The molecular weight excluding hydrogens is 228 g/mol. The first-order valence-corrected chi connectivity index (χ1v) is 6.63. The Hall–Kier alpha value is 0.440. The Kier molecular flexibility index (Phi) is 2.99. The minimum atomic E-state index is 0.274. The molecule has 1 heterocycles. The minimum Gasteiger partial charge on any atom is -0.371 e. The molecule has 0 N–H and O–H groups in total. The van der Waals surface area contributed by atoms with Crippen LogP contribution in [0.1, 0.15) is 45.4 Å². The van der Waals surface area contributed by atoms with Crippen LogP contribution >= 0.6 is 15.9 Å². The first-order valence-electron chi connectivity index (χ1n) is 5.50.